The van der Waals surface area contributed by atoms with Gasteiger partial charge in [0.2, 0.25) is 0 Å². The van der Waals surface area contributed by atoms with E-state index in [0.29, 0.717) is 17.1 Å². The third-order valence-electron chi connectivity index (χ3n) is 3.04. The molecule has 0 atom stereocenters. The van der Waals surface area contributed by atoms with Crippen LogP contribution in [0.15, 0.2) is 34.3 Å². The van der Waals surface area contributed by atoms with Crippen molar-refractivity contribution < 1.29 is 4.79 Å². The number of hydrogen-bond acceptors (Lipinski definition) is 1. The molecule has 18 heavy (non-hydrogen) atoms. The van der Waals surface area contributed by atoms with Crippen molar-refractivity contribution in [2.24, 2.45) is 0 Å². The summed E-state index contributed by atoms with van der Waals surface area (Å²) in [5.74, 6) is -0.0806. The molecule has 1 aliphatic rings. The van der Waals surface area contributed by atoms with Crippen LogP contribution in [0, 0.1) is 0 Å². The number of nitrogens with one attached hydrogen (secondary N) is 1. The van der Waals surface area contributed by atoms with Crippen molar-refractivity contribution >= 4 is 33.4 Å². The monoisotopic (exact) mass is 327 g/mol. The van der Waals surface area contributed by atoms with Gasteiger partial charge in [-0.15, -0.1) is 0 Å². The zero-order valence-corrected chi connectivity index (χ0v) is 12.4. The number of rotatable bonds is 4. The lowest BCUT2D eigenvalue weighted by Gasteiger charge is -2.07. The Morgan fingerprint density at radius 1 is 1.44 bits per heavy atom. The molecule has 0 aromatic heterocycles. The summed E-state index contributed by atoms with van der Waals surface area (Å²) in [5, 5.41) is 3.50. The fraction of sp³-hybridized carbons (Fsp3) is 0.357. The van der Waals surface area contributed by atoms with Crippen molar-refractivity contribution in [2.75, 3.05) is 6.54 Å². The van der Waals surface area contributed by atoms with Gasteiger partial charge in [-0.25, -0.2) is 0 Å². The average molecular weight is 329 g/mol. The molecule has 0 bridgehead atoms. The van der Waals surface area contributed by atoms with Crippen molar-refractivity contribution in [3.63, 3.8) is 0 Å². The van der Waals surface area contributed by atoms with Crippen molar-refractivity contribution in [3.05, 3.63) is 44.9 Å². The Balaban J connectivity index is 1.89. The van der Waals surface area contributed by atoms with E-state index in [0.717, 1.165) is 10.9 Å². The summed E-state index contributed by atoms with van der Waals surface area (Å²) in [7, 11) is 0. The van der Waals surface area contributed by atoms with E-state index in [2.05, 4.69) is 27.3 Å². The van der Waals surface area contributed by atoms with Gasteiger partial charge in [0, 0.05) is 16.0 Å². The van der Waals surface area contributed by atoms with Gasteiger partial charge in [0.1, 0.15) is 0 Å². The highest BCUT2D eigenvalue weighted by Gasteiger charge is 2.11. The molecular weight excluding hydrogens is 314 g/mol. The SMILES string of the molecule is O=C(NCCC1=CCCC1)c1cc(Cl)ccc1Br. The first-order chi connectivity index (χ1) is 8.66. The summed E-state index contributed by atoms with van der Waals surface area (Å²) in [4.78, 5) is 12.0. The highest BCUT2D eigenvalue weighted by molar-refractivity contribution is 9.10. The van der Waals surface area contributed by atoms with Gasteiger partial charge in [0.05, 0.1) is 5.56 Å². The summed E-state index contributed by atoms with van der Waals surface area (Å²) in [6, 6.07) is 5.22. The molecule has 0 aliphatic heterocycles. The summed E-state index contributed by atoms with van der Waals surface area (Å²) >= 11 is 9.25. The molecule has 0 heterocycles. The highest BCUT2D eigenvalue weighted by Crippen LogP contribution is 2.22. The quantitative estimate of drug-likeness (QED) is 0.819. The van der Waals surface area contributed by atoms with Gasteiger partial charge in [-0.2, -0.15) is 0 Å². The molecule has 2 nitrogen and oxygen atoms in total. The van der Waals surface area contributed by atoms with E-state index < -0.39 is 0 Å². The second kappa shape index (κ2) is 6.39. The molecule has 2 rings (SSSR count). The van der Waals surface area contributed by atoms with Crippen LogP contribution in [0.2, 0.25) is 5.02 Å². The standard InChI is InChI=1S/C14H15BrClNO/c15-13-6-5-11(16)9-12(13)14(18)17-8-7-10-3-1-2-4-10/h3,5-6,9H,1-2,4,7-8H2,(H,17,18). The van der Waals surface area contributed by atoms with Crippen LogP contribution in [0.1, 0.15) is 36.0 Å². The van der Waals surface area contributed by atoms with Crippen LogP contribution in [0.3, 0.4) is 0 Å². The van der Waals surface area contributed by atoms with Crippen molar-refractivity contribution in [2.45, 2.75) is 25.7 Å². The maximum Gasteiger partial charge on any atom is 0.252 e. The van der Waals surface area contributed by atoms with Gasteiger partial charge in [-0.1, -0.05) is 23.3 Å². The van der Waals surface area contributed by atoms with Gasteiger partial charge in [-0.05, 0) is 59.8 Å². The Morgan fingerprint density at radius 2 is 2.28 bits per heavy atom. The number of carbonyl (C=O) groups excluding carboxylic acids is 1. The highest BCUT2D eigenvalue weighted by atomic mass is 79.9. The third kappa shape index (κ3) is 3.59. The van der Waals surface area contributed by atoms with Crippen molar-refractivity contribution in [1.82, 2.24) is 5.32 Å². The van der Waals surface area contributed by atoms with Crippen LogP contribution in [0.4, 0.5) is 0 Å². The Morgan fingerprint density at radius 3 is 3.00 bits per heavy atom. The van der Waals surface area contributed by atoms with E-state index in [1.807, 2.05) is 0 Å². The molecule has 0 fully saturated rings. The first kappa shape index (κ1) is 13.6. The van der Waals surface area contributed by atoms with Crippen LogP contribution >= 0.6 is 27.5 Å². The van der Waals surface area contributed by atoms with E-state index in [9.17, 15) is 4.79 Å². The summed E-state index contributed by atoms with van der Waals surface area (Å²) in [5.41, 5.74) is 2.04. The van der Waals surface area contributed by atoms with Gasteiger partial charge >= 0.3 is 0 Å². The number of halogens is 2. The van der Waals surface area contributed by atoms with Crippen LogP contribution in [-0.2, 0) is 0 Å². The Labute approximate surface area is 121 Å². The zero-order valence-electron chi connectivity index (χ0n) is 10.0. The van der Waals surface area contributed by atoms with Crippen molar-refractivity contribution in [3.8, 4) is 0 Å². The number of carbonyl (C=O) groups is 1. The number of amides is 1. The Bertz CT molecular complexity index is 485. The molecule has 1 N–H and O–H groups in total. The van der Waals surface area contributed by atoms with Crippen molar-refractivity contribution in [1.29, 1.82) is 0 Å². The fourth-order valence-corrected chi connectivity index (χ4v) is 2.67. The molecule has 4 heteroatoms. The molecule has 1 amide bonds. The minimum atomic E-state index is -0.0806. The van der Waals surface area contributed by atoms with Crippen LogP contribution in [0.25, 0.3) is 0 Å². The maximum absolute atomic E-state index is 12.0. The van der Waals surface area contributed by atoms with E-state index >= 15 is 0 Å². The normalized spacial score (nSPS) is 14.4. The molecule has 0 radical (unpaired) electrons. The number of allylic oxidation sites excluding steroid dienone is 1. The first-order valence-electron chi connectivity index (χ1n) is 6.08. The molecule has 1 aromatic carbocycles. The minimum Gasteiger partial charge on any atom is -0.352 e. The topological polar surface area (TPSA) is 29.1 Å². The van der Waals surface area contributed by atoms with Gasteiger partial charge in [0.25, 0.3) is 5.91 Å². The second-order valence-corrected chi connectivity index (χ2v) is 5.68. The summed E-state index contributed by atoms with van der Waals surface area (Å²) in [6.07, 6.45) is 6.84. The van der Waals surface area contributed by atoms with Gasteiger partial charge in [-0.3, -0.25) is 4.79 Å². The van der Waals surface area contributed by atoms with E-state index in [1.54, 1.807) is 18.2 Å². The van der Waals surface area contributed by atoms with Gasteiger partial charge in [0.15, 0.2) is 0 Å². The summed E-state index contributed by atoms with van der Waals surface area (Å²) < 4.78 is 0.768. The number of benzene rings is 1. The minimum absolute atomic E-state index is 0.0806. The molecule has 0 unspecified atom stereocenters. The van der Waals surface area contributed by atoms with Crippen LogP contribution < -0.4 is 5.32 Å². The zero-order chi connectivity index (χ0) is 13.0. The Kier molecular flexibility index (Phi) is 4.84. The largest absolute Gasteiger partial charge is 0.352 e. The maximum atomic E-state index is 12.0. The lowest BCUT2D eigenvalue weighted by Crippen LogP contribution is -2.25. The molecule has 0 spiro atoms. The molecule has 0 saturated heterocycles. The molecule has 1 aromatic rings. The summed E-state index contributed by atoms with van der Waals surface area (Å²) in [6.45, 7) is 0.684. The van der Waals surface area contributed by atoms with Gasteiger partial charge < -0.3 is 5.32 Å². The van der Waals surface area contributed by atoms with E-state index in [1.165, 1.54) is 24.8 Å². The average Bonchev–Trinajstić information content (AvgIpc) is 2.85. The third-order valence-corrected chi connectivity index (χ3v) is 3.97. The predicted octanol–water partition coefficient (Wildman–Crippen LogP) is 4.33. The van der Waals surface area contributed by atoms with Crippen LogP contribution in [-0.4, -0.2) is 12.5 Å². The second-order valence-electron chi connectivity index (χ2n) is 4.38. The fourth-order valence-electron chi connectivity index (χ4n) is 2.07. The molecular formula is C14H15BrClNO. The lowest BCUT2D eigenvalue weighted by atomic mass is 10.1. The van der Waals surface area contributed by atoms with E-state index in [-0.39, 0.29) is 5.91 Å². The van der Waals surface area contributed by atoms with Crippen LogP contribution in [0.5, 0.6) is 0 Å². The Hall–Kier alpha value is -0.800. The predicted molar refractivity (Wildman–Crippen MR) is 78.0 cm³/mol. The molecule has 0 saturated carbocycles. The smallest absolute Gasteiger partial charge is 0.252 e. The lowest BCUT2D eigenvalue weighted by molar-refractivity contribution is 0.0953. The molecule has 1 aliphatic carbocycles. The van der Waals surface area contributed by atoms with E-state index in [4.69, 9.17) is 11.6 Å². The molecule has 96 valence electrons. The number of hydrogen-bond donors (Lipinski definition) is 1. The first-order valence-corrected chi connectivity index (χ1v) is 7.25.